The first-order valence-corrected chi connectivity index (χ1v) is 18.8. The van der Waals surface area contributed by atoms with Crippen LogP contribution < -0.4 is 0 Å². The van der Waals surface area contributed by atoms with Crippen LogP contribution in [0, 0.1) is 0 Å². The first-order valence-electron chi connectivity index (χ1n) is 18.8. The Balaban J connectivity index is 1.45. The van der Waals surface area contributed by atoms with Gasteiger partial charge in [-0.15, -0.1) is 0 Å². The van der Waals surface area contributed by atoms with Crippen molar-refractivity contribution in [1.29, 1.82) is 0 Å². The maximum atomic E-state index is 12.6. The zero-order valence-electron chi connectivity index (χ0n) is 33.9. The topological polar surface area (TPSA) is 177 Å². The molecule has 0 radical (unpaired) electrons. The van der Waals surface area contributed by atoms with Gasteiger partial charge in [0.2, 0.25) is 0 Å². The Morgan fingerprint density at radius 2 is 0.579 bits per heavy atom. The van der Waals surface area contributed by atoms with E-state index in [2.05, 4.69) is 0 Å². The first-order chi connectivity index (χ1) is 26.5. The number of hydrogen-bond donors (Lipinski definition) is 4. The first kappa shape index (κ1) is 45.0. The minimum Gasteiger partial charge on any atom is -0.382 e. The van der Waals surface area contributed by atoms with E-state index in [1.807, 2.05) is 0 Å². The average Bonchev–Trinajstić information content (AvgIpc) is 3.15. The Hall–Kier alpha value is -4.72. The molecule has 0 aliphatic rings. The third-order valence-electron chi connectivity index (χ3n) is 9.15. The quantitative estimate of drug-likeness (QED) is 0.0574. The molecule has 4 aromatic carbocycles. The fourth-order valence-corrected chi connectivity index (χ4v) is 5.97. The SMILES string of the molecule is CC(C)(O)C(=O)c1ccc(C(OCCOCCOC(c2ccc(C(=O)C(C)(C)O)cc2)c2ccc(C(=O)C(C)(C)O)cc2)c2ccc(C(=O)C(C)(C)O)cc2)cc1. The number of ketones is 4. The van der Waals surface area contributed by atoms with E-state index in [-0.39, 0.29) is 26.4 Å². The van der Waals surface area contributed by atoms with Crippen LogP contribution in [0.15, 0.2) is 97.1 Å². The molecule has 11 nitrogen and oxygen atoms in total. The molecule has 304 valence electrons. The van der Waals surface area contributed by atoms with E-state index in [9.17, 15) is 39.6 Å². The molecule has 11 heteroatoms. The molecule has 0 aliphatic carbocycles. The summed E-state index contributed by atoms with van der Waals surface area (Å²) < 4.78 is 18.5. The van der Waals surface area contributed by atoms with Crippen molar-refractivity contribution in [2.75, 3.05) is 26.4 Å². The summed E-state index contributed by atoms with van der Waals surface area (Å²) in [5.41, 5.74) is -1.88. The minimum absolute atomic E-state index is 0.163. The molecule has 4 N–H and O–H groups in total. The van der Waals surface area contributed by atoms with Crippen molar-refractivity contribution in [2.45, 2.75) is 90.0 Å². The summed E-state index contributed by atoms with van der Waals surface area (Å²) in [4.78, 5) is 50.6. The van der Waals surface area contributed by atoms with Gasteiger partial charge >= 0.3 is 0 Å². The molecule has 0 saturated heterocycles. The standard InChI is InChI=1S/C46H54O11/c1-43(2,51)39(47)33-17-9-29(10-18-33)37(30-11-19-34(20-12-30)40(48)44(3,4)52)56-27-25-55-26-28-57-38(31-13-21-35(22-14-31)41(49)45(5,6)53)32-15-23-36(24-16-32)42(50)46(7,8)54/h9-24,37-38,51-54H,25-28H2,1-8H3. The number of ether oxygens (including phenoxy) is 3. The second-order valence-electron chi connectivity index (χ2n) is 16.2. The summed E-state index contributed by atoms with van der Waals surface area (Å²) in [6.45, 7) is 12.1. The van der Waals surface area contributed by atoms with Crippen LogP contribution in [0.4, 0.5) is 0 Å². The summed E-state index contributed by atoms with van der Waals surface area (Å²) in [7, 11) is 0. The molecule has 0 fully saturated rings. The summed E-state index contributed by atoms with van der Waals surface area (Å²) in [5.74, 6) is -1.69. The second-order valence-corrected chi connectivity index (χ2v) is 16.2. The van der Waals surface area contributed by atoms with Gasteiger partial charge in [0.25, 0.3) is 0 Å². The van der Waals surface area contributed by atoms with Crippen molar-refractivity contribution in [3.8, 4) is 0 Å². The van der Waals surface area contributed by atoms with Gasteiger partial charge in [0.05, 0.1) is 26.4 Å². The van der Waals surface area contributed by atoms with Crippen LogP contribution in [0.2, 0.25) is 0 Å². The van der Waals surface area contributed by atoms with Crippen molar-refractivity contribution < 1.29 is 53.8 Å². The van der Waals surface area contributed by atoms with Gasteiger partial charge in [-0.1, -0.05) is 97.1 Å². The highest BCUT2D eigenvalue weighted by molar-refractivity contribution is 6.03. The molecule has 0 amide bonds. The zero-order valence-corrected chi connectivity index (χ0v) is 33.9. The third-order valence-corrected chi connectivity index (χ3v) is 9.15. The van der Waals surface area contributed by atoms with Crippen molar-refractivity contribution in [2.24, 2.45) is 0 Å². The van der Waals surface area contributed by atoms with Crippen LogP contribution in [-0.4, -0.2) is 92.4 Å². The van der Waals surface area contributed by atoms with E-state index in [0.717, 1.165) is 22.3 Å². The van der Waals surface area contributed by atoms with Gasteiger partial charge in [0.15, 0.2) is 23.1 Å². The normalized spacial score (nSPS) is 12.6. The molecular formula is C46H54O11. The Bertz CT molecular complexity index is 1700. The van der Waals surface area contributed by atoms with Crippen molar-refractivity contribution in [1.82, 2.24) is 0 Å². The van der Waals surface area contributed by atoms with Gasteiger partial charge in [-0.3, -0.25) is 19.2 Å². The number of benzene rings is 4. The third kappa shape index (κ3) is 12.1. The van der Waals surface area contributed by atoms with Gasteiger partial charge in [-0.05, 0) is 77.6 Å². The van der Waals surface area contributed by atoms with Crippen LogP contribution in [0.3, 0.4) is 0 Å². The van der Waals surface area contributed by atoms with Crippen LogP contribution in [0.5, 0.6) is 0 Å². The van der Waals surface area contributed by atoms with Crippen LogP contribution in [0.1, 0.15) is 131 Å². The molecule has 0 atom stereocenters. The van der Waals surface area contributed by atoms with E-state index in [4.69, 9.17) is 14.2 Å². The number of carbonyl (C=O) groups is 4. The van der Waals surface area contributed by atoms with Gasteiger partial charge < -0.3 is 34.6 Å². The predicted molar refractivity (Wildman–Crippen MR) is 215 cm³/mol. The number of Topliss-reactive ketones (excluding diaryl/α,β-unsaturated/α-hetero) is 4. The van der Waals surface area contributed by atoms with Crippen molar-refractivity contribution >= 4 is 23.1 Å². The lowest BCUT2D eigenvalue weighted by atomic mass is 9.92. The lowest BCUT2D eigenvalue weighted by molar-refractivity contribution is -0.0125. The van der Waals surface area contributed by atoms with Crippen molar-refractivity contribution in [3.05, 3.63) is 142 Å². The molecule has 0 aliphatic heterocycles. The molecule has 4 rings (SSSR count). The van der Waals surface area contributed by atoms with E-state index < -0.39 is 57.7 Å². The minimum atomic E-state index is -1.53. The maximum Gasteiger partial charge on any atom is 0.193 e. The highest BCUT2D eigenvalue weighted by Crippen LogP contribution is 2.30. The molecule has 4 aromatic rings. The Morgan fingerprint density at radius 1 is 0.386 bits per heavy atom. The summed E-state index contributed by atoms with van der Waals surface area (Å²) in [6, 6.07) is 27.0. The van der Waals surface area contributed by atoms with E-state index in [1.54, 1.807) is 97.1 Å². The van der Waals surface area contributed by atoms with Gasteiger partial charge in [-0.2, -0.15) is 0 Å². The molecule has 0 aromatic heterocycles. The smallest absolute Gasteiger partial charge is 0.193 e. The Morgan fingerprint density at radius 3 is 0.754 bits per heavy atom. The van der Waals surface area contributed by atoms with Gasteiger partial charge in [-0.25, -0.2) is 0 Å². The van der Waals surface area contributed by atoms with E-state index in [1.165, 1.54) is 55.4 Å². The molecule has 0 heterocycles. The lowest BCUT2D eigenvalue weighted by Crippen LogP contribution is -2.31. The molecule has 0 saturated carbocycles. The summed E-state index contributed by atoms with van der Waals surface area (Å²) in [6.07, 6.45) is -1.21. The van der Waals surface area contributed by atoms with Gasteiger partial charge in [0.1, 0.15) is 34.6 Å². The van der Waals surface area contributed by atoms with Crippen LogP contribution in [0.25, 0.3) is 0 Å². The lowest BCUT2D eigenvalue weighted by Gasteiger charge is -2.22. The summed E-state index contributed by atoms with van der Waals surface area (Å²) >= 11 is 0. The highest BCUT2D eigenvalue weighted by atomic mass is 16.5. The molecular weight excluding hydrogens is 728 g/mol. The number of rotatable bonds is 20. The number of aliphatic hydroxyl groups is 4. The van der Waals surface area contributed by atoms with Crippen LogP contribution >= 0.6 is 0 Å². The zero-order chi connectivity index (χ0) is 42.3. The molecule has 57 heavy (non-hydrogen) atoms. The van der Waals surface area contributed by atoms with Crippen LogP contribution in [-0.2, 0) is 14.2 Å². The predicted octanol–water partition coefficient (Wildman–Crippen LogP) is 6.43. The average molecular weight is 783 g/mol. The number of carbonyl (C=O) groups excluding carboxylic acids is 4. The Labute approximate surface area is 334 Å². The highest BCUT2D eigenvalue weighted by Gasteiger charge is 2.29. The molecule has 0 unspecified atom stereocenters. The van der Waals surface area contributed by atoms with E-state index in [0.29, 0.717) is 22.3 Å². The Kier molecular flexibility index (Phi) is 14.4. The maximum absolute atomic E-state index is 12.6. The summed E-state index contributed by atoms with van der Waals surface area (Å²) in [5, 5.41) is 40.8. The fourth-order valence-electron chi connectivity index (χ4n) is 5.97. The second kappa shape index (κ2) is 18.3. The molecule has 0 spiro atoms. The monoisotopic (exact) mass is 782 g/mol. The number of hydrogen-bond acceptors (Lipinski definition) is 11. The largest absolute Gasteiger partial charge is 0.382 e. The molecule has 0 bridgehead atoms. The van der Waals surface area contributed by atoms with E-state index >= 15 is 0 Å². The van der Waals surface area contributed by atoms with Gasteiger partial charge in [0, 0.05) is 22.3 Å². The fraction of sp³-hybridized carbons (Fsp3) is 0.391. The van der Waals surface area contributed by atoms with Crippen molar-refractivity contribution in [3.63, 3.8) is 0 Å².